The van der Waals surface area contributed by atoms with Crippen LogP contribution in [0.25, 0.3) is 0 Å². The molecule has 0 radical (unpaired) electrons. The summed E-state index contributed by atoms with van der Waals surface area (Å²) in [6.07, 6.45) is 37.8. The number of unbranched alkanes of at least 4 members (excludes halogenated alkanes) is 2. The minimum Gasteiger partial charge on any atom is -0.0683 e. The van der Waals surface area contributed by atoms with Crippen molar-refractivity contribution < 1.29 is 0 Å². The van der Waals surface area contributed by atoms with E-state index in [0.717, 1.165) is 0 Å². The van der Waals surface area contributed by atoms with Gasteiger partial charge in [0.05, 0.1) is 0 Å². The Hall–Kier alpha value is 0. The summed E-state index contributed by atoms with van der Waals surface area (Å²) in [7, 11) is 0. The van der Waals surface area contributed by atoms with Crippen molar-refractivity contribution >= 4 is 0 Å². The van der Waals surface area contributed by atoms with Gasteiger partial charge in [-0.25, -0.2) is 0 Å². The molecule has 0 aromatic heterocycles. The molecule has 0 heterocycles. The van der Waals surface area contributed by atoms with Crippen LogP contribution in [0, 0.1) is 0 Å². The maximum Gasteiger partial charge on any atom is -0.0564 e. The SMILES string of the molecule is CC.CC.CC.CC.CC.CC.CC.CC.CC.CC.CC.CC.CC.CC.CC.CC.CC.CC.CC.CC.CC.CC.CC.CC.CC.CC.CCC.CCC.CCC.CCC.CCC.CCC.CCC.CCC.CCC.CCC.CCC.CCC.CCC.CCC.CCC.CCC.CCC.CCC.CCC.CCC.CCC.CCC.CCC.CCC.CCC.CCC.CCCC.CCCC. The molecule has 0 saturated carbocycles. The highest BCUT2D eigenvalue weighted by Gasteiger charge is 1.57. The van der Waals surface area contributed by atoms with Gasteiger partial charge in [0.2, 0.25) is 0 Å². The van der Waals surface area contributed by atoms with Crippen molar-refractivity contribution in [2.45, 2.75) is 940 Å². The van der Waals surface area contributed by atoms with Gasteiger partial charge >= 0.3 is 0 Å². The van der Waals surface area contributed by atoms with Gasteiger partial charge in [0.15, 0.2) is 0 Å². The molecule has 0 spiro atoms. The lowest BCUT2D eigenvalue weighted by molar-refractivity contribution is 0.886. The highest BCUT2D eigenvalue weighted by Crippen LogP contribution is 1.77. The Bertz CT molecular complexity index is 164. The second kappa shape index (κ2) is 2820. The third kappa shape index (κ3) is 620000. The topological polar surface area (TPSA) is 0 Å². The van der Waals surface area contributed by atoms with E-state index in [0.29, 0.717) is 0 Å². The molecule has 0 bridgehead atoms. The number of hydrogen-bond donors (Lipinski definition) is 0. The Morgan fingerprint density at radius 1 is 0.0435 bits per heavy atom. The van der Waals surface area contributed by atoms with Crippen molar-refractivity contribution in [3.63, 3.8) is 0 Å². The average molecular weight is 2040 g/mol. The first-order valence-electron chi connectivity index (χ1n) is 66.6. The summed E-state index contributed by atoms with van der Waals surface area (Å²) in [4.78, 5) is 0. The lowest BCUT2D eigenvalue weighted by atomic mass is 10.4. The highest BCUT2D eigenvalue weighted by atomic mass is 13.6. The van der Waals surface area contributed by atoms with E-state index in [2.05, 4.69) is 388 Å². The lowest BCUT2D eigenvalue weighted by Crippen LogP contribution is -1.47. The molecule has 138 heavy (non-hydrogen) atoms. The number of hydrogen-bond acceptors (Lipinski definition) is 0. The maximum absolute atomic E-state index is 2.18. The molecule has 0 nitrogen and oxygen atoms in total. The molecule has 936 valence electrons. The molecule has 0 heteroatoms. The van der Waals surface area contributed by atoms with Crippen LogP contribution in [0.15, 0.2) is 0 Å². The predicted molar refractivity (Wildman–Crippen MR) is 751 cm³/mol. The van der Waals surface area contributed by atoms with Gasteiger partial charge in [-0.2, -0.15) is 0 Å². The Balaban J connectivity index is -0.0000000100. The van der Waals surface area contributed by atoms with Crippen molar-refractivity contribution in [2.24, 2.45) is 0 Å². The molecule has 0 aliphatic rings. The van der Waals surface area contributed by atoms with Crippen LogP contribution < -0.4 is 0 Å². The van der Waals surface area contributed by atoms with E-state index in [1.165, 1.54) is 193 Å². The fourth-order valence-electron chi connectivity index (χ4n) is 0. The van der Waals surface area contributed by atoms with Crippen LogP contribution in [0.1, 0.15) is 940 Å². The quantitative estimate of drug-likeness (QED) is 0.259. The smallest absolute Gasteiger partial charge is 0.0564 e. The van der Waals surface area contributed by atoms with Crippen LogP contribution in [-0.4, -0.2) is 0 Å². The first kappa shape index (κ1) is 367. The van der Waals surface area contributed by atoms with Gasteiger partial charge in [0.25, 0.3) is 0 Å². The second-order valence-electron chi connectivity index (χ2n) is 20.4. The zero-order chi connectivity index (χ0) is 129. The Morgan fingerprint density at radius 2 is 0.0507 bits per heavy atom. The van der Waals surface area contributed by atoms with Gasteiger partial charge in [-0.15, -0.1) is 0 Å². The van der Waals surface area contributed by atoms with E-state index in [-0.39, 0.29) is 0 Å². The first-order valence-corrected chi connectivity index (χ1v) is 66.6. The molecule has 0 rings (SSSR count). The molecular weight excluding hydrogens is 1660 g/mol. The summed E-state index contributed by atoms with van der Waals surface area (Å²) in [6.45, 7) is 223. The molecule has 0 atom stereocenters. The molecule has 0 unspecified atom stereocenters. The molecule has 0 N–H and O–H groups in total. The summed E-state index contributed by atoms with van der Waals surface area (Å²) < 4.78 is 0. The van der Waals surface area contributed by atoms with E-state index >= 15 is 0 Å². The van der Waals surface area contributed by atoms with Crippen LogP contribution >= 0.6 is 0 Å². The predicted octanol–water partition coefficient (Wildman–Crippen LogP) is 67.1. The molecule has 0 saturated heterocycles. The third-order valence-electron chi connectivity index (χ3n) is 1.000. The van der Waals surface area contributed by atoms with Gasteiger partial charge in [0, 0.05) is 0 Å². The summed E-state index contributed by atoms with van der Waals surface area (Å²) >= 11 is 0. The van der Waals surface area contributed by atoms with Crippen molar-refractivity contribution in [1.82, 2.24) is 0 Å². The molecular formula is C138H384. The van der Waals surface area contributed by atoms with Gasteiger partial charge in [0.1, 0.15) is 0 Å². The van der Waals surface area contributed by atoms with Crippen LogP contribution in [0.3, 0.4) is 0 Å². The van der Waals surface area contributed by atoms with Gasteiger partial charge < -0.3 is 0 Å². The van der Waals surface area contributed by atoms with E-state index in [4.69, 9.17) is 0 Å². The molecule has 0 fully saturated rings. The maximum atomic E-state index is 2.18. The summed E-state index contributed by atoms with van der Waals surface area (Å²) in [5.41, 5.74) is 0. The van der Waals surface area contributed by atoms with Crippen LogP contribution in [0.4, 0.5) is 0 Å². The third-order valence-corrected chi connectivity index (χ3v) is 1.000. The zero-order valence-electron chi connectivity index (χ0n) is 129. The fourth-order valence-corrected chi connectivity index (χ4v) is 0. The molecule has 0 aliphatic heterocycles. The van der Waals surface area contributed by atoms with Crippen LogP contribution in [0.5, 0.6) is 0 Å². The highest BCUT2D eigenvalue weighted by molar-refractivity contribution is 4.13. The standard InChI is InChI=1S/2C4H10.26C3H8.26C2H6/c2*1-3-4-2;26*1-3-2;26*1-2/h2*3-4H2,1-2H3;26*3H2,1-2H3;26*1-2H3. The second-order valence-corrected chi connectivity index (χ2v) is 20.4. The normalized spacial score (nSPS) is 4.96. The van der Waals surface area contributed by atoms with Gasteiger partial charge in [-0.3, -0.25) is 0 Å². The van der Waals surface area contributed by atoms with Gasteiger partial charge in [-0.1, -0.05) is 940 Å². The van der Waals surface area contributed by atoms with Crippen molar-refractivity contribution in [2.75, 3.05) is 0 Å². The van der Waals surface area contributed by atoms with Gasteiger partial charge in [-0.05, 0) is 0 Å². The minimum atomic E-state index is 1.25. The molecule has 0 aliphatic carbocycles. The lowest BCUT2D eigenvalue weighted by Gasteiger charge is -1.68. The van der Waals surface area contributed by atoms with Crippen LogP contribution in [0.2, 0.25) is 0 Å². The Morgan fingerprint density at radius 3 is 0.0507 bits per heavy atom. The Kier molecular flexibility index (Phi) is 7490. The van der Waals surface area contributed by atoms with Crippen molar-refractivity contribution in [3.8, 4) is 0 Å². The molecule has 0 aromatic carbocycles. The summed E-state index contributed by atoms with van der Waals surface area (Å²) in [5, 5.41) is 0. The van der Waals surface area contributed by atoms with E-state index in [1.54, 1.807) is 0 Å². The molecule has 0 aromatic rings. The van der Waals surface area contributed by atoms with Crippen molar-refractivity contribution in [3.05, 3.63) is 0 Å². The first-order chi connectivity index (χ1) is 66.6. The average Bonchev–Trinajstić information content (AvgIpc) is 4.16. The zero-order valence-corrected chi connectivity index (χ0v) is 129. The van der Waals surface area contributed by atoms with Crippen LogP contribution in [-0.2, 0) is 0 Å². The van der Waals surface area contributed by atoms with Crippen molar-refractivity contribution in [1.29, 1.82) is 0 Å². The summed E-state index contributed by atoms with van der Waals surface area (Å²) in [5.74, 6) is 0. The Labute approximate surface area is 934 Å². The molecule has 0 amide bonds. The fraction of sp³-hybridized carbons (Fsp3) is 1.00. The van der Waals surface area contributed by atoms with E-state index < -0.39 is 0 Å². The number of rotatable bonds is 2. The monoisotopic (exact) mass is 2040 g/mol. The largest absolute Gasteiger partial charge is 0.0683 e. The summed E-state index contributed by atoms with van der Waals surface area (Å²) in [6, 6.07) is 0. The van der Waals surface area contributed by atoms with E-state index in [9.17, 15) is 0 Å². The minimum absolute atomic E-state index is 1.25. The van der Waals surface area contributed by atoms with E-state index in [1.807, 2.05) is 360 Å².